The highest BCUT2D eigenvalue weighted by atomic mass is 19.4. The number of alkyl halides is 3. The normalized spacial score (nSPS) is 22.0. The highest BCUT2D eigenvalue weighted by Crippen LogP contribution is 2.37. The van der Waals surface area contributed by atoms with E-state index < -0.39 is 29.7 Å². The first-order chi connectivity index (χ1) is 18.6. The quantitative estimate of drug-likeness (QED) is 0.241. The fraction of sp³-hybridized carbons (Fsp3) is 0.346. The fourth-order valence-electron chi connectivity index (χ4n) is 5.40. The smallest absolute Gasteiger partial charge is 0.385 e. The minimum atomic E-state index is -4.45. The zero-order chi connectivity index (χ0) is 27.5. The summed E-state index contributed by atoms with van der Waals surface area (Å²) in [6.07, 6.45) is -3.95. The molecule has 5 aromatic rings. The molecule has 1 aliphatic rings. The number of nitrogens with zero attached hydrogens (tertiary/aromatic N) is 5. The fourth-order valence-corrected chi connectivity index (χ4v) is 5.40. The summed E-state index contributed by atoms with van der Waals surface area (Å²) in [6, 6.07) is 9.54. The Labute approximate surface area is 219 Å². The summed E-state index contributed by atoms with van der Waals surface area (Å²) in [5.41, 5.74) is 6.19. The first-order valence-corrected chi connectivity index (χ1v) is 12.3. The molecular weight excluding hydrogens is 515 g/mol. The molecule has 0 saturated carbocycles. The van der Waals surface area contributed by atoms with Gasteiger partial charge in [0, 0.05) is 41.4 Å². The van der Waals surface area contributed by atoms with Gasteiger partial charge in [0.2, 0.25) is 0 Å². The molecule has 39 heavy (non-hydrogen) atoms. The number of benzene rings is 2. The van der Waals surface area contributed by atoms with E-state index in [0.29, 0.717) is 24.1 Å². The number of nitrogen functional groups attached to an aromatic ring is 1. The number of halogens is 3. The molecule has 3 aromatic heterocycles. The topological polar surface area (TPSA) is 136 Å². The summed E-state index contributed by atoms with van der Waals surface area (Å²) in [5.74, 6) is 0.150. The van der Waals surface area contributed by atoms with Crippen molar-refractivity contribution >= 4 is 38.8 Å². The summed E-state index contributed by atoms with van der Waals surface area (Å²) in [4.78, 5) is 12.2. The molecule has 1 fully saturated rings. The van der Waals surface area contributed by atoms with Gasteiger partial charge >= 0.3 is 6.18 Å². The van der Waals surface area contributed by atoms with Crippen molar-refractivity contribution in [2.24, 2.45) is 0 Å². The molecule has 0 aliphatic carbocycles. The van der Waals surface area contributed by atoms with E-state index in [4.69, 9.17) is 10.5 Å². The third-order valence-corrected chi connectivity index (χ3v) is 7.40. The highest BCUT2D eigenvalue weighted by Gasteiger charge is 2.50. The van der Waals surface area contributed by atoms with E-state index in [0.717, 1.165) is 27.9 Å². The number of hydrogen-bond donors (Lipinski definition) is 4. The van der Waals surface area contributed by atoms with Crippen LogP contribution < -0.4 is 11.1 Å². The van der Waals surface area contributed by atoms with Crippen LogP contribution in [0.1, 0.15) is 11.1 Å². The van der Waals surface area contributed by atoms with Gasteiger partial charge in [-0.3, -0.25) is 4.57 Å². The Morgan fingerprint density at radius 3 is 2.79 bits per heavy atom. The third-order valence-electron chi connectivity index (χ3n) is 7.40. The van der Waals surface area contributed by atoms with E-state index in [1.54, 1.807) is 0 Å². The van der Waals surface area contributed by atoms with E-state index in [2.05, 4.69) is 20.3 Å². The van der Waals surface area contributed by atoms with Crippen LogP contribution in [0.3, 0.4) is 0 Å². The van der Waals surface area contributed by atoms with Gasteiger partial charge in [-0.1, -0.05) is 18.2 Å². The number of aliphatic hydroxyl groups is 2. The van der Waals surface area contributed by atoms with Crippen molar-refractivity contribution in [2.75, 3.05) is 25.4 Å². The van der Waals surface area contributed by atoms with Crippen LogP contribution in [-0.2, 0) is 23.2 Å². The lowest BCUT2D eigenvalue weighted by Crippen LogP contribution is -2.48. The van der Waals surface area contributed by atoms with E-state index in [-0.39, 0.29) is 24.6 Å². The van der Waals surface area contributed by atoms with Gasteiger partial charge in [0.25, 0.3) is 0 Å². The number of fused-ring (bicyclic) bond motifs is 4. The number of anilines is 1. The summed E-state index contributed by atoms with van der Waals surface area (Å²) in [5, 5.41) is 27.1. The van der Waals surface area contributed by atoms with Crippen LogP contribution >= 0.6 is 0 Å². The first kappa shape index (κ1) is 25.5. The standard InChI is InChI=1S/C26H26F3N7O3/c1-14-3-2-4-17-20(14)16-6-5-15(26(27,28)29)9-18(16)35(17)8-7-31-10-19-22(37)25(38,11-39-19)36-13-34-21-23(30)32-12-33-24(21)36/h2-6,9,12-13,19,22,31,37-38H,7-8,10-11H2,1H3,(H2,30,32,33). The molecule has 0 amide bonds. The number of ether oxygens (including phenoxy) is 1. The van der Waals surface area contributed by atoms with Crippen molar-refractivity contribution < 1.29 is 28.1 Å². The third kappa shape index (κ3) is 4.09. The molecule has 3 unspecified atom stereocenters. The zero-order valence-corrected chi connectivity index (χ0v) is 20.9. The molecule has 204 valence electrons. The number of aromatic nitrogens is 5. The molecule has 2 aromatic carbocycles. The van der Waals surface area contributed by atoms with Crippen LogP contribution in [0.5, 0.6) is 0 Å². The summed E-state index contributed by atoms with van der Waals surface area (Å²) >= 11 is 0. The number of aliphatic hydroxyl groups excluding tert-OH is 1. The maximum Gasteiger partial charge on any atom is 0.416 e. The van der Waals surface area contributed by atoms with Crippen LogP contribution in [0, 0.1) is 6.92 Å². The molecule has 0 spiro atoms. The highest BCUT2D eigenvalue weighted by molar-refractivity contribution is 6.09. The van der Waals surface area contributed by atoms with Crippen molar-refractivity contribution in [3.05, 3.63) is 60.2 Å². The molecule has 10 nitrogen and oxygen atoms in total. The van der Waals surface area contributed by atoms with Crippen molar-refractivity contribution in [3.8, 4) is 0 Å². The Morgan fingerprint density at radius 1 is 1.18 bits per heavy atom. The molecule has 0 radical (unpaired) electrons. The Hall–Kier alpha value is -3.78. The molecule has 6 rings (SSSR count). The SMILES string of the molecule is Cc1cccc2c1c1ccc(C(F)(F)F)cc1n2CCNCC1OCC(O)(n2cnc3c(N)ncnc32)C1O. The van der Waals surface area contributed by atoms with E-state index >= 15 is 0 Å². The number of imidazole rings is 1. The summed E-state index contributed by atoms with van der Waals surface area (Å²) in [7, 11) is 0. The predicted octanol–water partition coefficient (Wildman–Crippen LogP) is 2.54. The number of aryl methyl sites for hydroxylation is 1. The van der Waals surface area contributed by atoms with Gasteiger partial charge in [0.1, 0.15) is 24.1 Å². The van der Waals surface area contributed by atoms with Gasteiger partial charge in [-0.2, -0.15) is 13.2 Å². The molecule has 0 bridgehead atoms. The van der Waals surface area contributed by atoms with Gasteiger partial charge in [0.05, 0.1) is 18.5 Å². The van der Waals surface area contributed by atoms with Crippen LogP contribution in [0.15, 0.2) is 49.1 Å². The Morgan fingerprint density at radius 2 is 2.00 bits per heavy atom. The average molecular weight is 542 g/mol. The van der Waals surface area contributed by atoms with Gasteiger partial charge in [-0.15, -0.1) is 0 Å². The van der Waals surface area contributed by atoms with Crippen molar-refractivity contribution in [2.45, 2.75) is 37.6 Å². The lowest BCUT2D eigenvalue weighted by Gasteiger charge is -2.28. The molecule has 3 atom stereocenters. The minimum Gasteiger partial charge on any atom is -0.385 e. The molecule has 13 heteroatoms. The second kappa shape index (κ2) is 9.16. The van der Waals surface area contributed by atoms with Gasteiger partial charge in [-0.05, 0) is 30.7 Å². The molecular formula is C26H26F3N7O3. The summed E-state index contributed by atoms with van der Waals surface area (Å²) < 4.78 is 49.3. The maximum absolute atomic E-state index is 13.5. The molecule has 4 heterocycles. The minimum absolute atomic E-state index is 0.150. The van der Waals surface area contributed by atoms with Crippen LogP contribution in [0.4, 0.5) is 19.0 Å². The Balaban J connectivity index is 1.20. The van der Waals surface area contributed by atoms with Crippen molar-refractivity contribution in [1.82, 2.24) is 29.4 Å². The molecule has 1 aliphatic heterocycles. The number of rotatable bonds is 6. The monoisotopic (exact) mass is 541 g/mol. The lowest BCUT2D eigenvalue weighted by atomic mass is 10.1. The van der Waals surface area contributed by atoms with E-state index in [1.807, 2.05) is 29.7 Å². The number of nitrogens with two attached hydrogens (primary N) is 1. The van der Waals surface area contributed by atoms with Gasteiger partial charge < -0.3 is 30.6 Å². The second-order valence-electron chi connectivity index (χ2n) is 9.77. The lowest BCUT2D eigenvalue weighted by molar-refractivity contribution is -0.137. The molecule has 1 saturated heterocycles. The van der Waals surface area contributed by atoms with Gasteiger partial charge in [-0.25, -0.2) is 15.0 Å². The average Bonchev–Trinajstić information content (AvgIpc) is 3.56. The second-order valence-corrected chi connectivity index (χ2v) is 9.77. The van der Waals surface area contributed by atoms with Crippen LogP contribution in [0.2, 0.25) is 0 Å². The predicted molar refractivity (Wildman–Crippen MR) is 138 cm³/mol. The zero-order valence-electron chi connectivity index (χ0n) is 20.9. The number of nitrogens with one attached hydrogen (secondary N) is 1. The van der Waals surface area contributed by atoms with Crippen molar-refractivity contribution in [3.63, 3.8) is 0 Å². The van der Waals surface area contributed by atoms with Crippen molar-refractivity contribution in [1.29, 1.82) is 0 Å². The Bertz CT molecular complexity index is 1700. The van der Waals surface area contributed by atoms with Gasteiger partial charge in [0.15, 0.2) is 17.2 Å². The first-order valence-electron chi connectivity index (χ1n) is 12.3. The molecule has 5 N–H and O–H groups in total. The Kier molecular flexibility index (Phi) is 5.99. The van der Waals surface area contributed by atoms with E-state index in [1.165, 1.54) is 29.4 Å². The van der Waals surface area contributed by atoms with Crippen LogP contribution in [-0.4, -0.2) is 66.2 Å². The largest absolute Gasteiger partial charge is 0.416 e. The number of hydrogen-bond acceptors (Lipinski definition) is 8. The van der Waals surface area contributed by atoms with Crippen LogP contribution in [0.25, 0.3) is 33.0 Å². The summed E-state index contributed by atoms with van der Waals surface area (Å²) in [6.45, 7) is 2.68. The van der Waals surface area contributed by atoms with E-state index in [9.17, 15) is 23.4 Å². The maximum atomic E-state index is 13.5.